The number of fused-ring (bicyclic) bond motifs is 1. The molecule has 0 spiro atoms. The molecular formula is C47H46F6N6. The monoisotopic (exact) mass is 808 g/mol. The van der Waals surface area contributed by atoms with E-state index >= 15 is 0 Å². The molecule has 1 aromatic heterocycles. The highest BCUT2D eigenvalue weighted by Gasteiger charge is 2.42. The van der Waals surface area contributed by atoms with Crippen LogP contribution in [-0.2, 0) is 43.8 Å². The second kappa shape index (κ2) is 16.5. The van der Waals surface area contributed by atoms with E-state index in [1.165, 1.54) is 28.8 Å². The van der Waals surface area contributed by atoms with E-state index in [1.807, 2.05) is 91.0 Å². The first-order chi connectivity index (χ1) is 28.4. The van der Waals surface area contributed by atoms with Crippen LogP contribution in [0.4, 0.5) is 38.0 Å². The SMILES string of the molecule is CCN(CC1CCCC1)c1cc2c(cc1CN(Cc1cc(C(F)(F)F)cc(C(F)(F)F)c1)c1nnn(C(c3ccccc3)(c3ccccc3)c3ccccc3)n1)CCC2. The second-order valence-corrected chi connectivity index (χ2v) is 15.7. The van der Waals surface area contributed by atoms with Crippen LogP contribution in [-0.4, -0.2) is 33.3 Å². The molecule has 1 fully saturated rings. The van der Waals surface area contributed by atoms with Gasteiger partial charge in [-0.2, -0.15) is 26.3 Å². The van der Waals surface area contributed by atoms with Gasteiger partial charge < -0.3 is 9.80 Å². The van der Waals surface area contributed by atoms with Gasteiger partial charge in [-0.3, -0.25) is 0 Å². The Morgan fingerprint density at radius 2 is 1.14 bits per heavy atom. The van der Waals surface area contributed by atoms with Gasteiger partial charge in [0.25, 0.3) is 5.95 Å². The van der Waals surface area contributed by atoms with E-state index in [2.05, 4.69) is 34.3 Å². The van der Waals surface area contributed by atoms with E-state index in [9.17, 15) is 26.3 Å². The summed E-state index contributed by atoms with van der Waals surface area (Å²) in [5, 5.41) is 14.4. The van der Waals surface area contributed by atoms with Crippen molar-refractivity contribution in [1.29, 1.82) is 0 Å². The van der Waals surface area contributed by atoms with Gasteiger partial charge in [-0.15, -0.1) is 9.90 Å². The van der Waals surface area contributed by atoms with Crippen LogP contribution in [0.3, 0.4) is 0 Å². The molecule has 2 aliphatic rings. The van der Waals surface area contributed by atoms with E-state index in [1.54, 1.807) is 4.90 Å². The van der Waals surface area contributed by atoms with Crippen molar-refractivity contribution in [2.24, 2.45) is 5.92 Å². The first-order valence-electron chi connectivity index (χ1n) is 20.3. The molecule has 6 nitrogen and oxygen atoms in total. The van der Waals surface area contributed by atoms with Crippen LogP contribution in [0.2, 0.25) is 0 Å². The summed E-state index contributed by atoms with van der Waals surface area (Å²) in [5.74, 6) is 0.607. The highest BCUT2D eigenvalue weighted by Crippen LogP contribution is 2.42. The van der Waals surface area contributed by atoms with E-state index in [-0.39, 0.29) is 30.7 Å². The normalized spacial score (nSPS) is 14.8. The Balaban J connectivity index is 1.30. The van der Waals surface area contributed by atoms with Crippen molar-refractivity contribution >= 4 is 11.6 Å². The van der Waals surface area contributed by atoms with Crippen molar-refractivity contribution in [2.75, 3.05) is 22.9 Å². The highest BCUT2D eigenvalue weighted by atomic mass is 19.4. The zero-order valence-corrected chi connectivity index (χ0v) is 32.9. The van der Waals surface area contributed by atoms with E-state index < -0.39 is 29.0 Å². The van der Waals surface area contributed by atoms with E-state index in [0.29, 0.717) is 5.92 Å². The van der Waals surface area contributed by atoms with Crippen molar-refractivity contribution < 1.29 is 26.3 Å². The number of benzene rings is 5. The Labute approximate surface area is 340 Å². The average molecular weight is 809 g/mol. The fourth-order valence-corrected chi connectivity index (χ4v) is 9.08. The molecule has 12 heteroatoms. The van der Waals surface area contributed by atoms with Crippen LogP contribution in [0.25, 0.3) is 0 Å². The van der Waals surface area contributed by atoms with Gasteiger partial charge in [-0.25, -0.2) is 0 Å². The summed E-state index contributed by atoms with van der Waals surface area (Å²) in [7, 11) is 0. The summed E-state index contributed by atoms with van der Waals surface area (Å²) in [6, 6.07) is 35.3. The van der Waals surface area contributed by atoms with Gasteiger partial charge in [0.2, 0.25) is 0 Å². The fraction of sp³-hybridized carbons (Fsp3) is 0.340. The molecule has 0 bridgehead atoms. The molecular weight excluding hydrogens is 763 g/mol. The fourth-order valence-electron chi connectivity index (χ4n) is 9.08. The summed E-state index contributed by atoms with van der Waals surface area (Å²) >= 11 is 0. The molecule has 0 atom stereocenters. The highest BCUT2D eigenvalue weighted by molar-refractivity contribution is 5.60. The first kappa shape index (κ1) is 40.1. The number of halogens is 6. The first-order valence-corrected chi connectivity index (χ1v) is 20.3. The number of alkyl halides is 6. The molecule has 306 valence electrons. The third-order valence-electron chi connectivity index (χ3n) is 11.9. The Bertz CT molecular complexity index is 2210. The van der Waals surface area contributed by atoms with Crippen molar-refractivity contribution in [3.05, 3.63) is 171 Å². The van der Waals surface area contributed by atoms with E-state index in [4.69, 9.17) is 5.10 Å². The summed E-state index contributed by atoms with van der Waals surface area (Å²) in [6.45, 7) is 3.50. The van der Waals surface area contributed by atoms with E-state index in [0.717, 1.165) is 85.3 Å². The molecule has 0 aliphatic heterocycles. The number of anilines is 2. The summed E-state index contributed by atoms with van der Waals surface area (Å²) in [4.78, 5) is 5.56. The number of aryl methyl sites for hydroxylation is 2. The zero-order valence-electron chi connectivity index (χ0n) is 32.9. The van der Waals surface area contributed by atoms with Crippen LogP contribution < -0.4 is 9.80 Å². The Kier molecular flexibility index (Phi) is 11.3. The van der Waals surface area contributed by atoms with Crippen LogP contribution in [0.1, 0.15) is 89.1 Å². The molecule has 59 heavy (non-hydrogen) atoms. The molecule has 0 amide bonds. The maximum Gasteiger partial charge on any atom is 0.416 e. The molecule has 6 aromatic rings. The minimum atomic E-state index is -5.00. The summed E-state index contributed by atoms with van der Waals surface area (Å²) in [6.07, 6.45) is -2.45. The standard InChI is InChI=1S/C47H46F6N6/c1-2-57(30-33-15-12-13-16-33)43-28-36-18-14-17-35(36)27-37(43)32-58(31-34-25-41(46(48,49)50)29-42(26-34)47(51,52)53)44-54-56-59(55-44)45(38-19-6-3-7-20-38,39-21-8-4-9-22-39)40-23-10-5-11-24-40/h3-11,19-29,33H,2,12-18,30-32H2,1H3. The lowest BCUT2D eigenvalue weighted by Gasteiger charge is -2.34. The van der Waals surface area contributed by atoms with Crippen LogP contribution in [0.15, 0.2) is 121 Å². The van der Waals surface area contributed by atoms with Gasteiger partial charge in [-0.05, 0) is 113 Å². The molecule has 0 radical (unpaired) electrons. The number of hydrogen-bond acceptors (Lipinski definition) is 5. The maximum absolute atomic E-state index is 14.2. The van der Waals surface area contributed by atoms with Crippen molar-refractivity contribution in [3.8, 4) is 0 Å². The number of hydrogen-bond donors (Lipinski definition) is 0. The third-order valence-corrected chi connectivity index (χ3v) is 11.9. The smallest absolute Gasteiger partial charge is 0.371 e. The van der Waals surface area contributed by atoms with Gasteiger partial charge >= 0.3 is 12.4 Å². The molecule has 8 rings (SSSR count). The lowest BCUT2D eigenvalue weighted by atomic mass is 9.77. The largest absolute Gasteiger partial charge is 0.416 e. The zero-order chi connectivity index (χ0) is 41.2. The Hall–Kier alpha value is -5.65. The summed E-state index contributed by atoms with van der Waals surface area (Å²) in [5.41, 5.74) is 2.80. The molecule has 0 unspecified atom stereocenters. The predicted molar refractivity (Wildman–Crippen MR) is 217 cm³/mol. The lowest BCUT2D eigenvalue weighted by Crippen LogP contribution is -2.39. The van der Waals surface area contributed by atoms with Crippen molar-refractivity contribution in [1.82, 2.24) is 20.2 Å². The van der Waals surface area contributed by atoms with Gasteiger partial charge in [0.15, 0.2) is 5.54 Å². The minimum absolute atomic E-state index is 0.0634. The predicted octanol–water partition coefficient (Wildman–Crippen LogP) is 11.3. The molecule has 5 aromatic carbocycles. The molecule has 0 saturated heterocycles. The second-order valence-electron chi connectivity index (χ2n) is 15.7. The molecule has 1 heterocycles. The van der Waals surface area contributed by atoms with Crippen molar-refractivity contribution in [2.45, 2.75) is 82.9 Å². The quantitative estimate of drug-likeness (QED) is 0.0859. The lowest BCUT2D eigenvalue weighted by molar-refractivity contribution is -0.143. The van der Waals surface area contributed by atoms with Crippen LogP contribution in [0, 0.1) is 5.92 Å². The average Bonchev–Trinajstić information content (AvgIpc) is 4.04. The topological polar surface area (TPSA) is 50.1 Å². The van der Waals surface area contributed by atoms with Crippen molar-refractivity contribution in [3.63, 3.8) is 0 Å². The number of nitrogens with zero attached hydrogens (tertiary/aromatic N) is 6. The van der Waals surface area contributed by atoms with Gasteiger partial charge in [0, 0.05) is 31.9 Å². The number of aromatic nitrogens is 4. The van der Waals surface area contributed by atoms with Gasteiger partial charge in [0.1, 0.15) is 0 Å². The number of rotatable bonds is 13. The molecule has 2 aliphatic carbocycles. The number of tetrazole rings is 1. The Morgan fingerprint density at radius 3 is 1.64 bits per heavy atom. The molecule has 1 saturated carbocycles. The minimum Gasteiger partial charge on any atom is -0.371 e. The van der Waals surface area contributed by atoms with Gasteiger partial charge in [-0.1, -0.05) is 115 Å². The van der Waals surface area contributed by atoms with Crippen LogP contribution >= 0.6 is 0 Å². The Morgan fingerprint density at radius 1 is 0.610 bits per heavy atom. The van der Waals surface area contributed by atoms with Crippen LogP contribution in [0.5, 0.6) is 0 Å². The third kappa shape index (κ3) is 8.31. The maximum atomic E-state index is 14.2. The summed E-state index contributed by atoms with van der Waals surface area (Å²) < 4.78 is 85.3. The molecule has 0 N–H and O–H groups in total. The van der Waals surface area contributed by atoms with Gasteiger partial charge in [0.05, 0.1) is 11.1 Å².